The molecule has 1 amide bonds. The molecule has 0 aliphatic rings. The van der Waals surface area contributed by atoms with E-state index in [1.54, 1.807) is 29.2 Å². The number of amides is 1. The Hall–Kier alpha value is -2.89. The van der Waals surface area contributed by atoms with Crippen LogP contribution in [0.1, 0.15) is 21.7 Å². The molecular formula is C16H17N5O. The first-order valence-corrected chi connectivity index (χ1v) is 7.11. The van der Waals surface area contributed by atoms with Crippen LogP contribution in [-0.2, 0) is 13.0 Å². The lowest BCUT2D eigenvalue weighted by molar-refractivity contribution is 0.102. The van der Waals surface area contributed by atoms with Gasteiger partial charge in [0, 0.05) is 49.0 Å². The van der Waals surface area contributed by atoms with Gasteiger partial charge in [-0.05, 0) is 25.1 Å². The van der Waals surface area contributed by atoms with Crippen LogP contribution in [-0.4, -0.2) is 25.7 Å². The fourth-order valence-electron chi connectivity index (χ4n) is 2.21. The third-order valence-electron chi connectivity index (χ3n) is 3.40. The maximum absolute atomic E-state index is 12.1. The topological polar surface area (TPSA) is 75.6 Å². The van der Waals surface area contributed by atoms with Crippen LogP contribution in [0, 0.1) is 6.92 Å². The molecule has 0 aliphatic heterocycles. The van der Waals surface area contributed by atoms with E-state index >= 15 is 0 Å². The van der Waals surface area contributed by atoms with E-state index in [0.717, 1.165) is 24.4 Å². The summed E-state index contributed by atoms with van der Waals surface area (Å²) in [7, 11) is 0. The van der Waals surface area contributed by atoms with E-state index in [0.29, 0.717) is 11.4 Å². The summed E-state index contributed by atoms with van der Waals surface area (Å²) >= 11 is 0. The van der Waals surface area contributed by atoms with E-state index in [4.69, 9.17) is 0 Å². The minimum absolute atomic E-state index is 0.159. The van der Waals surface area contributed by atoms with Crippen LogP contribution in [0.25, 0.3) is 0 Å². The summed E-state index contributed by atoms with van der Waals surface area (Å²) in [6.07, 6.45) is 6.17. The van der Waals surface area contributed by atoms with E-state index in [9.17, 15) is 4.79 Å². The SMILES string of the molecule is Cc1[nH]ccc1C(=O)Nc1ccn(CCc2ccccn2)n1. The van der Waals surface area contributed by atoms with Crippen molar-refractivity contribution >= 4 is 11.7 Å². The Morgan fingerprint density at radius 2 is 2.23 bits per heavy atom. The Labute approximate surface area is 128 Å². The van der Waals surface area contributed by atoms with Crippen molar-refractivity contribution in [3.8, 4) is 0 Å². The van der Waals surface area contributed by atoms with E-state index in [2.05, 4.69) is 20.4 Å². The molecule has 0 saturated heterocycles. The van der Waals surface area contributed by atoms with Crippen molar-refractivity contribution in [1.82, 2.24) is 19.7 Å². The fourth-order valence-corrected chi connectivity index (χ4v) is 2.21. The van der Waals surface area contributed by atoms with Gasteiger partial charge in [-0.2, -0.15) is 5.10 Å². The smallest absolute Gasteiger partial charge is 0.258 e. The zero-order chi connectivity index (χ0) is 15.4. The number of nitrogens with zero attached hydrogens (tertiary/aromatic N) is 3. The Kier molecular flexibility index (Phi) is 4.00. The summed E-state index contributed by atoms with van der Waals surface area (Å²) in [4.78, 5) is 19.4. The number of hydrogen-bond donors (Lipinski definition) is 2. The monoisotopic (exact) mass is 295 g/mol. The Morgan fingerprint density at radius 3 is 2.95 bits per heavy atom. The van der Waals surface area contributed by atoms with Crippen molar-refractivity contribution in [3.63, 3.8) is 0 Å². The van der Waals surface area contributed by atoms with Gasteiger partial charge in [-0.1, -0.05) is 6.07 Å². The number of anilines is 1. The average Bonchev–Trinajstić information content (AvgIpc) is 3.15. The number of aromatic nitrogens is 4. The fraction of sp³-hybridized carbons (Fsp3) is 0.188. The molecule has 0 atom stereocenters. The molecule has 3 aromatic heterocycles. The first-order chi connectivity index (χ1) is 10.7. The third-order valence-corrected chi connectivity index (χ3v) is 3.40. The molecule has 3 rings (SSSR count). The highest BCUT2D eigenvalue weighted by Crippen LogP contribution is 2.10. The van der Waals surface area contributed by atoms with Gasteiger partial charge in [0.2, 0.25) is 0 Å². The summed E-state index contributed by atoms with van der Waals surface area (Å²) in [6.45, 7) is 2.58. The van der Waals surface area contributed by atoms with Gasteiger partial charge in [-0.3, -0.25) is 14.5 Å². The zero-order valence-electron chi connectivity index (χ0n) is 12.3. The number of aromatic amines is 1. The van der Waals surface area contributed by atoms with Crippen LogP contribution in [0.5, 0.6) is 0 Å². The van der Waals surface area contributed by atoms with Crippen molar-refractivity contribution in [2.24, 2.45) is 0 Å². The van der Waals surface area contributed by atoms with Gasteiger partial charge in [0.25, 0.3) is 5.91 Å². The third kappa shape index (κ3) is 3.22. The Balaban J connectivity index is 1.59. The number of carbonyl (C=O) groups is 1. The lowest BCUT2D eigenvalue weighted by Gasteiger charge is -2.02. The molecule has 0 saturated carbocycles. The average molecular weight is 295 g/mol. The molecule has 2 N–H and O–H groups in total. The molecule has 0 bridgehead atoms. The molecule has 0 unspecified atom stereocenters. The van der Waals surface area contributed by atoms with Crippen LogP contribution < -0.4 is 5.32 Å². The molecule has 6 heteroatoms. The normalized spacial score (nSPS) is 10.6. The van der Waals surface area contributed by atoms with Gasteiger partial charge in [0.15, 0.2) is 5.82 Å². The second kappa shape index (κ2) is 6.26. The molecule has 0 spiro atoms. The van der Waals surface area contributed by atoms with Crippen molar-refractivity contribution < 1.29 is 4.79 Å². The molecule has 112 valence electrons. The van der Waals surface area contributed by atoms with Gasteiger partial charge in [0.05, 0.1) is 5.56 Å². The van der Waals surface area contributed by atoms with E-state index in [1.165, 1.54) is 0 Å². The molecule has 0 aliphatic carbocycles. The van der Waals surface area contributed by atoms with Crippen molar-refractivity contribution in [2.75, 3.05) is 5.32 Å². The highest BCUT2D eigenvalue weighted by Gasteiger charge is 2.11. The summed E-state index contributed by atoms with van der Waals surface area (Å²) in [5, 5.41) is 7.15. The van der Waals surface area contributed by atoms with Crippen LogP contribution >= 0.6 is 0 Å². The Morgan fingerprint density at radius 1 is 1.32 bits per heavy atom. The first kappa shape index (κ1) is 14.1. The van der Waals surface area contributed by atoms with Crippen LogP contribution in [0.15, 0.2) is 48.9 Å². The second-order valence-corrected chi connectivity index (χ2v) is 5.01. The first-order valence-electron chi connectivity index (χ1n) is 7.11. The molecule has 3 heterocycles. The van der Waals surface area contributed by atoms with Crippen molar-refractivity contribution in [3.05, 3.63) is 65.9 Å². The lowest BCUT2D eigenvalue weighted by atomic mass is 10.2. The number of H-pyrrole nitrogens is 1. The van der Waals surface area contributed by atoms with Crippen molar-refractivity contribution in [1.29, 1.82) is 0 Å². The lowest BCUT2D eigenvalue weighted by Crippen LogP contribution is -2.13. The number of pyridine rings is 1. The van der Waals surface area contributed by atoms with E-state index in [-0.39, 0.29) is 5.91 Å². The number of nitrogens with one attached hydrogen (secondary N) is 2. The van der Waals surface area contributed by atoms with Gasteiger partial charge >= 0.3 is 0 Å². The molecule has 6 nitrogen and oxygen atoms in total. The minimum Gasteiger partial charge on any atom is -0.365 e. The van der Waals surface area contributed by atoms with Crippen molar-refractivity contribution in [2.45, 2.75) is 19.9 Å². The van der Waals surface area contributed by atoms with Crippen LogP contribution in [0.2, 0.25) is 0 Å². The van der Waals surface area contributed by atoms with Gasteiger partial charge in [0.1, 0.15) is 0 Å². The summed E-state index contributed by atoms with van der Waals surface area (Å²) in [6, 6.07) is 9.40. The summed E-state index contributed by atoms with van der Waals surface area (Å²) in [5.74, 6) is 0.389. The van der Waals surface area contributed by atoms with Gasteiger partial charge < -0.3 is 10.3 Å². The summed E-state index contributed by atoms with van der Waals surface area (Å²) < 4.78 is 1.80. The quantitative estimate of drug-likeness (QED) is 0.759. The largest absolute Gasteiger partial charge is 0.365 e. The predicted octanol–water partition coefficient (Wildman–Crippen LogP) is 2.41. The standard InChI is InChI=1S/C16H17N5O/c1-12-14(5-9-17-12)16(22)19-15-7-11-21(20-15)10-6-13-4-2-3-8-18-13/h2-5,7-9,11,17H,6,10H2,1H3,(H,19,20,22). The number of hydrogen-bond acceptors (Lipinski definition) is 3. The molecule has 0 aromatic carbocycles. The van der Waals surface area contributed by atoms with Crippen LogP contribution in [0.4, 0.5) is 5.82 Å². The van der Waals surface area contributed by atoms with Gasteiger partial charge in [-0.25, -0.2) is 0 Å². The van der Waals surface area contributed by atoms with E-state index < -0.39 is 0 Å². The number of aryl methyl sites for hydroxylation is 3. The number of carbonyl (C=O) groups excluding carboxylic acids is 1. The highest BCUT2D eigenvalue weighted by molar-refractivity contribution is 6.04. The molecule has 0 fully saturated rings. The second-order valence-electron chi connectivity index (χ2n) is 5.01. The maximum Gasteiger partial charge on any atom is 0.258 e. The Bertz CT molecular complexity index is 760. The molecular weight excluding hydrogens is 278 g/mol. The molecule has 0 radical (unpaired) electrons. The predicted molar refractivity (Wildman–Crippen MR) is 83.7 cm³/mol. The molecule has 22 heavy (non-hydrogen) atoms. The van der Waals surface area contributed by atoms with Gasteiger partial charge in [-0.15, -0.1) is 0 Å². The summed E-state index contributed by atoms with van der Waals surface area (Å²) in [5.41, 5.74) is 2.49. The minimum atomic E-state index is -0.159. The van der Waals surface area contributed by atoms with E-state index in [1.807, 2.05) is 31.3 Å². The highest BCUT2D eigenvalue weighted by atomic mass is 16.1. The molecule has 3 aromatic rings. The number of rotatable bonds is 5. The van der Waals surface area contributed by atoms with Crippen LogP contribution in [0.3, 0.4) is 0 Å². The zero-order valence-corrected chi connectivity index (χ0v) is 12.3. The maximum atomic E-state index is 12.1.